The number of rotatable bonds is 0. The molecule has 0 N–H and O–H groups in total. The van der Waals surface area contributed by atoms with Crippen LogP contribution in [0, 0.1) is 3.57 Å². The molecule has 0 aliphatic rings. The van der Waals surface area contributed by atoms with Crippen molar-refractivity contribution in [1.29, 1.82) is 0 Å². The van der Waals surface area contributed by atoms with Gasteiger partial charge < -0.3 is 0 Å². The van der Waals surface area contributed by atoms with Crippen LogP contribution in [0.4, 0.5) is 0 Å². The lowest BCUT2D eigenvalue weighted by Gasteiger charge is -1.89. The van der Waals surface area contributed by atoms with Crippen molar-refractivity contribution in [2.75, 3.05) is 0 Å². The fourth-order valence-electron chi connectivity index (χ4n) is 0.854. The third-order valence-electron chi connectivity index (χ3n) is 1.35. The highest BCUT2D eigenvalue weighted by Gasteiger charge is 1.96. The van der Waals surface area contributed by atoms with Crippen molar-refractivity contribution in [1.82, 2.24) is 4.98 Å². The van der Waals surface area contributed by atoms with Crippen LogP contribution in [0.3, 0.4) is 0 Å². The van der Waals surface area contributed by atoms with Crippen LogP contribution in [0.25, 0.3) is 10.8 Å². The van der Waals surface area contributed by atoms with Gasteiger partial charge in [0.1, 0.15) is 0 Å². The Morgan fingerprint density at radius 1 is 1.30 bits per heavy atom. The summed E-state index contributed by atoms with van der Waals surface area (Å²) in [6.07, 6.45) is 3.78. The van der Waals surface area contributed by atoms with Gasteiger partial charge in [0.15, 0.2) is 0 Å². The topological polar surface area (TPSA) is 12.9 Å². The monoisotopic (exact) mass is 261 g/mol. The highest BCUT2D eigenvalue weighted by atomic mass is 127. The maximum Gasteiger partial charge on any atom is 0.0408 e. The summed E-state index contributed by atoms with van der Waals surface area (Å²) >= 11 is 4.02. The van der Waals surface area contributed by atoms with E-state index in [0.717, 1.165) is 0 Å². The summed E-state index contributed by atoms with van der Waals surface area (Å²) in [5.41, 5.74) is 0. The van der Waals surface area contributed by atoms with E-state index in [1.807, 2.05) is 12.4 Å². The first-order valence-corrected chi connectivity index (χ1v) is 4.85. The van der Waals surface area contributed by atoms with Gasteiger partial charge in [-0.25, -0.2) is 0 Å². The molecule has 0 radical (unpaired) electrons. The lowest BCUT2D eigenvalue weighted by molar-refractivity contribution is 1.35. The van der Waals surface area contributed by atoms with Crippen molar-refractivity contribution in [3.8, 4) is 0 Å². The molecule has 0 aliphatic heterocycles. The van der Waals surface area contributed by atoms with Crippen molar-refractivity contribution >= 4 is 44.7 Å². The molecule has 0 bridgehead atoms. The van der Waals surface area contributed by atoms with Crippen LogP contribution in [-0.2, 0) is 0 Å². The van der Waals surface area contributed by atoms with Crippen molar-refractivity contribution in [2.24, 2.45) is 0 Å². The molecule has 0 atom stereocenters. The number of pyridine rings is 1. The average molecular weight is 261 g/mol. The number of aromatic nitrogens is 1. The molecule has 0 saturated carbocycles. The predicted octanol–water partition coefficient (Wildman–Crippen LogP) is 2.90. The van der Waals surface area contributed by atoms with Gasteiger partial charge in [-0.15, -0.1) is 0 Å². The summed E-state index contributed by atoms with van der Waals surface area (Å²) in [6, 6.07) is 0. The van der Waals surface area contributed by atoms with E-state index >= 15 is 0 Å². The molecule has 0 aliphatic carbocycles. The Labute approximate surface area is 76.2 Å². The van der Waals surface area contributed by atoms with E-state index in [1.54, 1.807) is 11.3 Å². The predicted molar refractivity (Wildman–Crippen MR) is 52.3 cm³/mol. The zero-order chi connectivity index (χ0) is 6.97. The second-order valence-corrected chi connectivity index (χ2v) is 3.90. The second-order valence-electron chi connectivity index (χ2n) is 2.00. The van der Waals surface area contributed by atoms with E-state index in [4.69, 9.17) is 0 Å². The van der Waals surface area contributed by atoms with Crippen LogP contribution in [0.5, 0.6) is 0 Å². The van der Waals surface area contributed by atoms with Gasteiger partial charge in [-0.2, -0.15) is 11.3 Å². The van der Waals surface area contributed by atoms with Gasteiger partial charge in [0, 0.05) is 32.1 Å². The molecule has 1 nitrogen and oxygen atoms in total. The third-order valence-corrected chi connectivity index (χ3v) is 2.97. The Balaban J connectivity index is 2.95. The normalized spacial score (nSPS) is 10.5. The standard InChI is InChI=1S/C7H4INS/c8-7-2-9-1-5-3-10-4-6(5)7/h1-4H. The van der Waals surface area contributed by atoms with Crippen LogP contribution in [0.15, 0.2) is 23.2 Å². The Morgan fingerprint density at radius 2 is 2.20 bits per heavy atom. The molecule has 0 amide bonds. The quantitative estimate of drug-likeness (QED) is 0.664. The fraction of sp³-hybridized carbons (Fsp3) is 0. The SMILES string of the molecule is Ic1cncc2cscc12. The second kappa shape index (κ2) is 2.47. The zero-order valence-corrected chi connectivity index (χ0v) is 8.02. The smallest absolute Gasteiger partial charge is 0.0408 e. The average Bonchev–Trinajstić information content (AvgIpc) is 2.36. The molecule has 0 fully saturated rings. The van der Waals surface area contributed by atoms with Gasteiger partial charge in [0.05, 0.1) is 0 Å². The largest absolute Gasteiger partial charge is 0.263 e. The third kappa shape index (κ3) is 0.932. The number of thiophene rings is 1. The molecule has 0 spiro atoms. The summed E-state index contributed by atoms with van der Waals surface area (Å²) in [4.78, 5) is 4.08. The lowest BCUT2D eigenvalue weighted by Crippen LogP contribution is -1.74. The molecule has 10 heavy (non-hydrogen) atoms. The van der Waals surface area contributed by atoms with Crippen LogP contribution in [-0.4, -0.2) is 4.98 Å². The van der Waals surface area contributed by atoms with E-state index in [0.29, 0.717) is 0 Å². The highest BCUT2D eigenvalue weighted by molar-refractivity contribution is 14.1. The van der Waals surface area contributed by atoms with Crippen molar-refractivity contribution < 1.29 is 0 Å². The molecule has 50 valence electrons. The molecule has 2 aromatic rings. The number of hydrogen-bond acceptors (Lipinski definition) is 2. The van der Waals surface area contributed by atoms with Gasteiger partial charge in [0.25, 0.3) is 0 Å². The summed E-state index contributed by atoms with van der Waals surface area (Å²) in [5, 5.41) is 6.83. The fourth-order valence-corrected chi connectivity index (χ4v) is 2.49. The lowest BCUT2D eigenvalue weighted by atomic mass is 10.3. The van der Waals surface area contributed by atoms with Gasteiger partial charge in [-0.05, 0) is 28.0 Å². The molecule has 0 aromatic carbocycles. The number of nitrogens with zero attached hydrogens (tertiary/aromatic N) is 1. The maximum absolute atomic E-state index is 4.08. The minimum atomic E-state index is 1.23. The molecule has 2 heterocycles. The minimum Gasteiger partial charge on any atom is -0.263 e. The summed E-state index contributed by atoms with van der Waals surface area (Å²) in [5.74, 6) is 0. The van der Waals surface area contributed by atoms with E-state index < -0.39 is 0 Å². The summed E-state index contributed by atoms with van der Waals surface area (Å²) in [7, 11) is 0. The van der Waals surface area contributed by atoms with Crippen molar-refractivity contribution in [2.45, 2.75) is 0 Å². The molecule has 0 saturated heterocycles. The van der Waals surface area contributed by atoms with Gasteiger partial charge >= 0.3 is 0 Å². The van der Waals surface area contributed by atoms with Crippen molar-refractivity contribution in [3.05, 3.63) is 26.7 Å². The molecule has 2 aromatic heterocycles. The van der Waals surface area contributed by atoms with Crippen molar-refractivity contribution in [3.63, 3.8) is 0 Å². The molecule has 0 unspecified atom stereocenters. The Hall–Kier alpha value is -0.160. The first kappa shape index (κ1) is 6.54. The molecular formula is C7H4INS. The Bertz CT molecular complexity index is 355. The Morgan fingerprint density at radius 3 is 3.00 bits per heavy atom. The highest BCUT2D eigenvalue weighted by Crippen LogP contribution is 2.22. The van der Waals surface area contributed by atoms with E-state index in [9.17, 15) is 0 Å². The van der Waals surface area contributed by atoms with E-state index in [-0.39, 0.29) is 0 Å². The number of fused-ring (bicyclic) bond motifs is 1. The molecule has 2 rings (SSSR count). The minimum absolute atomic E-state index is 1.23. The van der Waals surface area contributed by atoms with Crippen LogP contribution in [0.1, 0.15) is 0 Å². The van der Waals surface area contributed by atoms with Crippen LogP contribution in [0.2, 0.25) is 0 Å². The van der Waals surface area contributed by atoms with Crippen LogP contribution >= 0.6 is 33.9 Å². The first-order valence-electron chi connectivity index (χ1n) is 2.83. The van der Waals surface area contributed by atoms with Gasteiger partial charge in [-0.3, -0.25) is 4.98 Å². The van der Waals surface area contributed by atoms with E-state index in [1.165, 1.54) is 14.3 Å². The van der Waals surface area contributed by atoms with Gasteiger partial charge in [-0.1, -0.05) is 0 Å². The number of hydrogen-bond donors (Lipinski definition) is 0. The van der Waals surface area contributed by atoms with E-state index in [2.05, 4.69) is 38.3 Å². The molecular weight excluding hydrogens is 257 g/mol. The van der Waals surface area contributed by atoms with Gasteiger partial charge in [0.2, 0.25) is 0 Å². The zero-order valence-electron chi connectivity index (χ0n) is 5.04. The van der Waals surface area contributed by atoms with Crippen LogP contribution < -0.4 is 0 Å². The summed E-state index contributed by atoms with van der Waals surface area (Å²) < 4.78 is 1.23. The molecule has 3 heteroatoms. The summed E-state index contributed by atoms with van der Waals surface area (Å²) in [6.45, 7) is 0. The number of halogens is 1. The Kier molecular flexibility index (Phi) is 1.61. The first-order chi connectivity index (χ1) is 4.88. The maximum atomic E-state index is 4.08.